The van der Waals surface area contributed by atoms with Crippen LogP contribution in [0.15, 0.2) is 66.1 Å². The summed E-state index contributed by atoms with van der Waals surface area (Å²) in [5.74, 6) is -1.27. The lowest BCUT2D eigenvalue weighted by Gasteiger charge is -2.28. The van der Waals surface area contributed by atoms with Gasteiger partial charge in [-0.3, -0.25) is 14.5 Å². The fourth-order valence-corrected chi connectivity index (χ4v) is 6.42. The van der Waals surface area contributed by atoms with Crippen LogP contribution in [0.4, 0.5) is 4.39 Å². The summed E-state index contributed by atoms with van der Waals surface area (Å²) in [4.78, 5) is 30.8. The van der Waals surface area contributed by atoms with Crippen molar-refractivity contribution < 1.29 is 22.4 Å². The van der Waals surface area contributed by atoms with E-state index >= 15 is 4.39 Å². The van der Waals surface area contributed by atoms with Crippen molar-refractivity contribution in [3.05, 3.63) is 82.2 Å². The molecule has 2 amide bonds. The Kier molecular flexibility index (Phi) is 9.69. The number of rotatable bonds is 8. The van der Waals surface area contributed by atoms with E-state index < -0.39 is 27.5 Å². The van der Waals surface area contributed by atoms with Crippen molar-refractivity contribution in [1.82, 2.24) is 15.1 Å². The molecule has 7 nitrogen and oxygen atoms in total. The van der Waals surface area contributed by atoms with Gasteiger partial charge in [0, 0.05) is 67.8 Å². The Morgan fingerprint density at radius 1 is 1.10 bits per heavy atom. The van der Waals surface area contributed by atoms with Gasteiger partial charge in [-0.2, -0.15) is 0 Å². The minimum Gasteiger partial charge on any atom is -0.347 e. The molecule has 0 aromatic heterocycles. The zero-order valence-corrected chi connectivity index (χ0v) is 24.5. The summed E-state index contributed by atoms with van der Waals surface area (Å²) >= 11 is 6.58. The van der Waals surface area contributed by atoms with Gasteiger partial charge in [0.25, 0.3) is 5.91 Å². The Morgan fingerprint density at radius 2 is 1.80 bits per heavy atom. The summed E-state index contributed by atoms with van der Waals surface area (Å²) in [6, 6.07) is 17.1. The lowest BCUT2D eigenvalue weighted by Crippen LogP contribution is -2.47. The van der Waals surface area contributed by atoms with Crippen molar-refractivity contribution in [2.75, 3.05) is 32.4 Å². The van der Waals surface area contributed by atoms with E-state index in [9.17, 15) is 18.0 Å². The smallest absolute Gasteiger partial charge is 0.258 e. The van der Waals surface area contributed by atoms with Gasteiger partial charge in [0.2, 0.25) is 5.91 Å². The van der Waals surface area contributed by atoms with Crippen LogP contribution < -0.4 is 5.32 Å². The van der Waals surface area contributed by atoms with Crippen LogP contribution in [-0.2, 0) is 26.0 Å². The molecular weight excluding hydrogens is 553 g/mol. The highest BCUT2D eigenvalue weighted by molar-refractivity contribution is 7.93. The lowest BCUT2D eigenvalue weighted by atomic mass is 9.87. The molecule has 2 aromatic carbocycles. The first-order valence-electron chi connectivity index (χ1n) is 13.6. The lowest BCUT2D eigenvalue weighted by molar-refractivity contribution is -0.137. The van der Waals surface area contributed by atoms with E-state index in [1.54, 1.807) is 11.8 Å². The number of nitrogens with one attached hydrogen (secondary N) is 1. The molecule has 1 N–H and O–H groups in total. The molecule has 2 saturated heterocycles. The van der Waals surface area contributed by atoms with Crippen molar-refractivity contribution in [1.29, 1.82) is 0 Å². The quantitative estimate of drug-likeness (QED) is 0.495. The molecule has 0 aliphatic carbocycles. The van der Waals surface area contributed by atoms with Crippen LogP contribution in [0.1, 0.15) is 43.2 Å². The second-order valence-electron chi connectivity index (χ2n) is 11.0. The van der Waals surface area contributed by atoms with Crippen LogP contribution in [-0.4, -0.2) is 74.2 Å². The minimum absolute atomic E-state index is 0.0101. The summed E-state index contributed by atoms with van der Waals surface area (Å²) in [6.07, 6.45) is 2.58. The number of carbonyl (C=O) groups is 2. The van der Waals surface area contributed by atoms with Gasteiger partial charge in [0.1, 0.15) is 0 Å². The second kappa shape index (κ2) is 12.8. The van der Waals surface area contributed by atoms with Gasteiger partial charge in [-0.1, -0.05) is 66.2 Å². The number of halogens is 2. The molecule has 0 bridgehead atoms. The summed E-state index contributed by atoms with van der Waals surface area (Å²) in [5.41, 5.74) is -0.0419. The van der Waals surface area contributed by atoms with Crippen LogP contribution in [0, 0.1) is 5.92 Å². The number of hydrogen-bond donors (Lipinski definition) is 1. The molecule has 2 fully saturated rings. The normalized spacial score (nSPS) is 25.1. The number of carbonyl (C=O) groups excluding carboxylic acids is 2. The third-order valence-corrected chi connectivity index (χ3v) is 8.73. The number of amides is 2. The van der Waals surface area contributed by atoms with E-state index in [4.69, 9.17) is 11.6 Å². The standard InChI is InChI=1S/C30H37ClFN3O4S/c1-22(13-18-40(2,38)39)33-29(37)30(32)14-8-16-35(17-15-30)28(36)26-21-34(19-23-9-4-3-5-10-23)20-25(26)24-11-6-7-12-27(24)31/h3-7,9-13,18,22,25-26H,8,14-17,19-21H2,1-2H3,(H,33,37)/b18-13-/t22-,25+,26+,30-/m1/s1. The van der Waals surface area contributed by atoms with Crippen molar-refractivity contribution in [3.63, 3.8) is 0 Å². The summed E-state index contributed by atoms with van der Waals surface area (Å²) in [7, 11) is -3.36. The predicted molar refractivity (Wildman–Crippen MR) is 155 cm³/mol. The van der Waals surface area contributed by atoms with Crippen LogP contribution >= 0.6 is 11.6 Å². The largest absolute Gasteiger partial charge is 0.347 e. The highest BCUT2D eigenvalue weighted by Gasteiger charge is 2.44. The van der Waals surface area contributed by atoms with E-state index in [0.29, 0.717) is 37.6 Å². The Morgan fingerprint density at radius 3 is 2.50 bits per heavy atom. The first-order valence-corrected chi connectivity index (χ1v) is 16.0. The van der Waals surface area contributed by atoms with E-state index in [1.807, 2.05) is 42.5 Å². The van der Waals surface area contributed by atoms with Crippen LogP contribution in [0.2, 0.25) is 5.02 Å². The molecule has 10 heteroatoms. The zero-order valence-electron chi connectivity index (χ0n) is 22.9. The summed E-state index contributed by atoms with van der Waals surface area (Å²) in [5, 5.41) is 4.18. The van der Waals surface area contributed by atoms with Crippen molar-refractivity contribution in [3.8, 4) is 0 Å². The maximum Gasteiger partial charge on any atom is 0.258 e. The van der Waals surface area contributed by atoms with Crippen molar-refractivity contribution >= 4 is 33.3 Å². The van der Waals surface area contributed by atoms with Gasteiger partial charge in [-0.15, -0.1) is 0 Å². The van der Waals surface area contributed by atoms with E-state index in [-0.39, 0.29) is 37.1 Å². The fourth-order valence-electron chi connectivity index (χ4n) is 5.62. The van der Waals surface area contributed by atoms with Gasteiger partial charge >= 0.3 is 0 Å². The highest BCUT2D eigenvalue weighted by atomic mass is 35.5. The number of nitrogens with zero attached hydrogens (tertiary/aromatic N) is 2. The predicted octanol–water partition coefficient (Wildman–Crippen LogP) is 4.34. The number of likely N-dealkylation sites (tertiary alicyclic amines) is 2. The number of sulfone groups is 1. The van der Waals surface area contributed by atoms with Gasteiger partial charge in [-0.05, 0) is 37.0 Å². The Hall–Kier alpha value is -2.75. The Balaban J connectivity index is 1.46. The van der Waals surface area contributed by atoms with E-state index in [1.165, 1.54) is 6.08 Å². The van der Waals surface area contributed by atoms with E-state index in [0.717, 1.165) is 22.8 Å². The Labute approximate surface area is 241 Å². The van der Waals surface area contributed by atoms with Gasteiger partial charge in [0.15, 0.2) is 15.5 Å². The third-order valence-electron chi connectivity index (χ3n) is 7.74. The van der Waals surface area contributed by atoms with Gasteiger partial charge < -0.3 is 10.2 Å². The molecule has 0 spiro atoms. The monoisotopic (exact) mass is 589 g/mol. The summed E-state index contributed by atoms with van der Waals surface area (Å²) < 4.78 is 38.6. The summed E-state index contributed by atoms with van der Waals surface area (Å²) in [6.45, 7) is 4.03. The maximum absolute atomic E-state index is 15.9. The maximum atomic E-state index is 15.9. The molecule has 4 atom stereocenters. The molecule has 216 valence electrons. The third kappa shape index (κ3) is 7.71. The Bertz CT molecular complexity index is 1340. The van der Waals surface area contributed by atoms with Gasteiger partial charge in [0.05, 0.1) is 5.92 Å². The molecule has 0 saturated carbocycles. The average molecular weight is 590 g/mol. The molecule has 4 rings (SSSR count). The van der Waals surface area contributed by atoms with Crippen molar-refractivity contribution in [2.45, 2.75) is 50.4 Å². The zero-order chi connectivity index (χ0) is 28.9. The second-order valence-corrected chi connectivity index (χ2v) is 13.3. The number of benzene rings is 2. The van der Waals surface area contributed by atoms with Crippen LogP contribution in [0.5, 0.6) is 0 Å². The molecule has 2 heterocycles. The minimum atomic E-state index is -3.36. The van der Waals surface area contributed by atoms with Crippen LogP contribution in [0.3, 0.4) is 0 Å². The molecule has 2 aliphatic rings. The molecule has 2 aliphatic heterocycles. The first-order chi connectivity index (χ1) is 18.9. The van der Waals surface area contributed by atoms with E-state index in [2.05, 4.69) is 22.3 Å². The first kappa shape index (κ1) is 30.2. The number of alkyl halides is 1. The van der Waals surface area contributed by atoms with Crippen molar-refractivity contribution in [2.24, 2.45) is 5.92 Å². The molecule has 40 heavy (non-hydrogen) atoms. The van der Waals surface area contributed by atoms with Crippen LogP contribution in [0.25, 0.3) is 0 Å². The molecular formula is C30H37ClFN3O4S. The molecule has 0 radical (unpaired) electrons. The fraction of sp³-hybridized carbons (Fsp3) is 0.467. The molecule has 0 unspecified atom stereocenters. The topological polar surface area (TPSA) is 86.8 Å². The highest BCUT2D eigenvalue weighted by Crippen LogP contribution is 2.39. The average Bonchev–Trinajstić information content (AvgIpc) is 3.21. The number of hydrogen-bond acceptors (Lipinski definition) is 5. The molecule has 2 aromatic rings. The van der Waals surface area contributed by atoms with Gasteiger partial charge in [-0.25, -0.2) is 12.8 Å². The SMILES string of the molecule is C[C@H](/C=C\S(C)(=O)=O)NC(=O)[C@@]1(F)CCCN(C(=O)[C@H]2CN(Cc3ccccc3)C[C@H]2c2ccccc2Cl)CC1.